The molecule has 38 heavy (non-hydrogen) atoms. The van der Waals surface area contributed by atoms with Gasteiger partial charge in [-0.15, -0.1) is 0 Å². The van der Waals surface area contributed by atoms with Crippen LogP contribution in [-0.2, 0) is 14.3 Å². The first-order valence-electron chi connectivity index (χ1n) is 13.5. The molecule has 2 aromatic carbocycles. The second-order valence-corrected chi connectivity index (χ2v) is 10.9. The molecule has 1 amide bonds. The summed E-state index contributed by atoms with van der Waals surface area (Å²) in [6, 6.07) is 17.7. The lowest BCUT2D eigenvalue weighted by molar-refractivity contribution is -0.139. The fourth-order valence-electron chi connectivity index (χ4n) is 5.63. The zero-order chi connectivity index (χ0) is 26.6. The van der Waals surface area contributed by atoms with E-state index in [1.54, 1.807) is 0 Å². The van der Waals surface area contributed by atoms with Crippen molar-refractivity contribution in [3.63, 3.8) is 0 Å². The summed E-state index contributed by atoms with van der Waals surface area (Å²) in [5.74, 6) is -0.284. The van der Waals surface area contributed by atoms with Crippen LogP contribution in [0.3, 0.4) is 0 Å². The molecular formula is C31H35N3O3S. The minimum absolute atomic E-state index is 0.101. The van der Waals surface area contributed by atoms with Crippen molar-refractivity contribution in [3.8, 4) is 0 Å². The highest BCUT2D eigenvalue weighted by Gasteiger charge is 2.43. The van der Waals surface area contributed by atoms with Crippen LogP contribution in [0, 0.1) is 6.92 Å². The molecule has 198 valence electrons. The normalized spacial score (nSPS) is 19.6. The molecule has 2 aliphatic heterocycles. The molecule has 0 aromatic heterocycles. The van der Waals surface area contributed by atoms with Crippen molar-refractivity contribution in [1.82, 2.24) is 9.80 Å². The van der Waals surface area contributed by atoms with Gasteiger partial charge in [0, 0.05) is 24.4 Å². The van der Waals surface area contributed by atoms with E-state index < -0.39 is 6.04 Å². The molecule has 1 fully saturated rings. The topological polar surface area (TPSA) is 62.2 Å². The Hall–Kier alpha value is -3.32. The molecular weight excluding hydrogens is 494 g/mol. The number of aliphatic imine (C=N–C) groups is 1. The van der Waals surface area contributed by atoms with Crippen LogP contribution in [-0.4, -0.2) is 46.5 Å². The Morgan fingerprint density at radius 2 is 1.76 bits per heavy atom. The molecule has 7 heteroatoms. The highest BCUT2D eigenvalue weighted by atomic mass is 32.2. The summed E-state index contributed by atoms with van der Waals surface area (Å²) in [6.07, 6.45) is 5.99. The van der Waals surface area contributed by atoms with Crippen LogP contribution in [0.2, 0.25) is 0 Å². The van der Waals surface area contributed by atoms with Gasteiger partial charge >= 0.3 is 5.97 Å². The lowest BCUT2D eigenvalue weighted by Gasteiger charge is -2.38. The number of amides is 1. The van der Waals surface area contributed by atoms with Crippen molar-refractivity contribution in [2.24, 2.45) is 4.99 Å². The van der Waals surface area contributed by atoms with Gasteiger partial charge in [0.15, 0.2) is 5.17 Å². The van der Waals surface area contributed by atoms with E-state index in [0.29, 0.717) is 17.3 Å². The fourth-order valence-corrected chi connectivity index (χ4v) is 6.55. The van der Waals surface area contributed by atoms with Crippen LogP contribution >= 0.6 is 11.8 Å². The average molecular weight is 530 g/mol. The Balaban J connectivity index is 1.57. The van der Waals surface area contributed by atoms with Gasteiger partial charge in [-0.1, -0.05) is 85.6 Å². The Kier molecular flexibility index (Phi) is 8.03. The average Bonchev–Trinajstić information content (AvgIpc) is 3.35. The fraction of sp³-hybridized carbons (Fsp3) is 0.387. The zero-order valence-electron chi connectivity index (χ0n) is 22.4. The van der Waals surface area contributed by atoms with E-state index in [0.717, 1.165) is 40.4 Å². The summed E-state index contributed by atoms with van der Waals surface area (Å²) in [5.41, 5.74) is 4.91. The Bertz CT molecular complexity index is 1290. The number of fused-ring (bicyclic) bond motifs is 1. The number of carbonyl (C=O) groups excluding carboxylic acids is 2. The van der Waals surface area contributed by atoms with E-state index in [1.807, 2.05) is 66.7 Å². The molecule has 2 heterocycles. The number of benzene rings is 2. The third-order valence-corrected chi connectivity index (χ3v) is 8.57. The van der Waals surface area contributed by atoms with E-state index >= 15 is 0 Å². The first kappa shape index (κ1) is 26.3. The largest absolute Gasteiger partial charge is 0.463 e. The zero-order valence-corrected chi connectivity index (χ0v) is 23.2. The maximum Gasteiger partial charge on any atom is 0.338 e. The van der Waals surface area contributed by atoms with Crippen molar-refractivity contribution < 1.29 is 14.3 Å². The molecule has 1 unspecified atom stereocenters. The molecule has 0 N–H and O–H groups in total. The number of amidine groups is 1. The molecule has 3 aliphatic rings. The van der Waals surface area contributed by atoms with Gasteiger partial charge in [-0.2, -0.15) is 0 Å². The number of nitrogens with zero attached hydrogens (tertiary/aromatic N) is 3. The van der Waals surface area contributed by atoms with Crippen molar-refractivity contribution >= 4 is 34.5 Å². The quantitative estimate of drug-likeness (QED) is 0.386. The summed E-state index contributed by atoms with van der Waals surface area (Å²) >= 11 is 1.51. The van der Waals surface area contributed by atoms with Crippen LogP contribution in [0.1, 0.15) is 68.2 Å². The number of hydrogen-bond acceptors (Lipinski definition) is 6. The van der Waals surface area contributed by atoms with Crippen molar-refractivity contribution in [1.29, 1.82) is 0 Å². The molecule has 1 aliphatic carbocycles. The number of esters is 1. The maximum absolute atomic E-state index is 13.6. The highest BCUT2D eigenvalue weighted by molar-refractivity contribution is 8.16. The SMILES string of the molecule is CCOC(=O)C1=C(c2ccccc2)N=C2SC=C(CC(=O)N(C)C3CCCCC3)N2C1c1ccccc1C. The molecule has 0 bridgehead atoms. The smallest absolute Gasteiger partial charge is 0.338 e. The summed E-state index contributed by atoms with van der Waals surface area (Å²) in [5, 5.41) is 2.79. The van der Waals surface area contributed by atoms with E-state index in [1.165, 1.54) is 31.0 Å². The number of aryl methyl sites for hydroxylation is 1. The Morgan fingerprint density at radius 1 is 1.05 bits per heavy atom. The Labute approximate surface area is 229 Å². The van der Waals surface area contributed by atoms with Gasteiger partial charge in [0.25, 0.3) is 0 Å². The number of rotatable bonds is 7. The third-order valence-electron chi connectivity index (χ3n) is 7.68. The molecule has 1 saturated carbocycles. The second kappa shape index (κ2) is 11.6. The molecule has 0 saturated heterocycles. The minimum Gasteiger partial charge on any atom is -0.463 e. The Morgan fingerprint density at radius 3 is 2.47 bits per heavy atom. The van der Waals surface area contributed by atoms with Gasteiger partial charge in [-0.25, -0.2) is 9.79 Å². The minimum atomic E-state index is -0.452. The van der Waals surface area contributed by atoms with E-state index in [9.17, 15) is 9.59 Å². The molecule has 2 aromatic rings. The molecule has 6 nitrogen and oxygen atoms in total. The summed E-state index contributed by atoms with van der Waals surface area (Å²) < 4.78 is 5.61. The van der Waals surface area contributed by atoms with Gasteiger partial charge in [-0.05, 0) is 43.2 Å². The van der Waals surface area contributed by atoms with Crippen LogP contribution < -0.4 is 0 Å². The van der Waals surface area contributed by atoms with Crippen molar-refractivity contribution in [2.45, 2.75) is 64.5 Å². The molecule has 0 spiro atoms. The van der Waals surface area contributed by atoms with Crippen LogP contribution in [0.4, 0.5) is 0 Å². The highest BCUT2D eigenvalue weighted by Crippen LogP contribution is 2.47. The predicted molar refractivity (Wildman–Crippen MR) is 153 cm³/mol. The predicted octanol–water partition coefficient (Wildman–Crippen LogP) is 6.45. The molecule has 0 radical (unpaired) electrons. The number of hydrogen-bond donors (Lipinski definition) is 0. The van der Waals surface area contributed by atoms with Crippen molar-refractivity contribution in [3.05, 3.63) is 88.0 Å². The molecule has 5 rings (SSSR count). The van der Waals surface area contributed by atoms with Crippen molar-refractivity contribution in [2.75, 3.05) is 13.7 Å². The van der Waals surface area contributed by atoms with Gasteiger partial charge < -0.3 is 14.5 Å². The lowest BCUT2D eigenvalue weighted by Crippen LogP contribution is -2.41. The maximum atomic E-state index is 13.6. The summed E-state index contributed by atoms with van der Waals surface area (Å²) in [7, 11) is 1.93. The van der Waals surface area contributed by atoms with Crippen LogP contribution in [0.15, 0.2) is 76.3 Å². The summed E-state index contributed by atoms with van der Waals surface area (Å²) in [4.78, 5) is 36.1. The second-order valence-electron chi connectivity index (χ2n) is 10.1. The first-order chi connectivity index (χ1) is 18.5. The van der Waals surface area contributed by atoms with Gasteiger partial charge in [-0.3, -0.25) is 4.79 Å². The number of thioether (sulfide) groups is 1. The standard InChI is InChI=1S/C31H35N3O3S/c1-4-37-30(36)27-28(22-14-7-5-8-15-22)32-31-34(29(27)25-18-12-11-13-21(25)2)24(20-38-31)19-26(35)33(3)23-16-9-6-10-17-23/h5,7-8,11-15,18,20,23,29H,4,6,9-10,16-17,19H2,1-3H3. The van der Waals surface area contributed by atoms with Gasteiger partial charge in [0.1, 0.15) is 0 Å². The van der Waals surface area contributed by atoms with E-state index in [2.05, 4.69) is 24.0 Å². The van der Waals surface area contributed by atoms with E-state index in [4.69, 9.17) is 9.73 Å². The monoisotopic (exact) mass is 529 g/mol. The van der Waals surface area contributed by atoms with Gasteiger partial charge in [0.2, 0.25) is 5.91 Å². The summed E-state index contributed by atoms with van der Waals surface area (Å²) in [6.45, 7) is 4.14. The lowest BCUT2D eigenvalue weighted by atomic mass is 9.89. The van der Waals surface area contributed by atoms with Crippen LogP contribution in [0.25, 0.3) is 5.70 Å². The number of ether oxygens (including phenoxy) is 1. The number of carbonyl (C=O) groups is 2. The first-order valence-corrected chi connectivity index (χ1v) is 14.4. The van der Waals surface area contributed by atoms with Gasteiger partial charge in [0.05, 0.1) is 30.3 Å². The third kappa shape index (κ3) is 5.17. The van der Waals surface area contributed by atoms with Crippen LogP contribution in [0.5, 0.6) is 0 Å². The molecule has 1 atom stereocenters. The van der Waals surface area contributed by atoms with E-state index in [-0.39, 0.29) is 24.9 Å².